The second kappa shape index (κ2) is 6.12. The average Bonchev–Trinajstić information content (AvgIpc) is 2.17. The van der Waals surface area contributed by atoms with Crippen LogP contribution in [0.25, 0.3) is 0 Å². The average molecular weight is 242 g/mol. The Hall–Kier alpha value is -0.730. The molecule has 1 aromatic carbocycles. The Labute approximate surface area is 103 Å². The number of phenolic OH excluding ortho intramolecular Hbond substituents is 1. The predicted octanol–water partition coefficient (Wildman–Crippen LogP) is 3.05. The molecule has 0 bridgehead atoms. The molecule has 0 aromatic heterocycles. The van der Waals surface area contributed by atoms with E-state index < -0.39 is 0 Å². The molecule has 0 spiro atoms. The van der Waals surface area contributed by atoms with E-state index in [1.807, 2.05) is 26.2 Å². The van der Waals surface area contributed by atoms with Gasteiger partial charge in [-0.05, 0) is 38.2 Å². The fraction of sp³-hybridized carbons (Fsp3) is 0.538. The summed E-state index contributed by atoms with van der Waals surface area (Å²) >= 11 is 6.41. The van der Waals surface area contributed by atoms with Gasteiger partial charge in [0.1, 0.15) is 5.75 Å². The Balaban J connectivity index is 2.81. The van der Waals surface area contributed by atoms with E-state index >= 15 is 0 Å². The molecule has 0 radical (unpaired) electrons. The van der Waals surface area contributed by atoms with E-state index in [1.54, 1.807) is 12.1 Å². The van der Waals surface area contributed by atoms with E-state index in [9.17, 15) is 5.11 Å². The summed E-state index contributed by atoms with van der Waals surface area (Å²) in [5.74, 6) is 0.598. The van der Waals surface area contributed by atoms with Crippen molar-refractivity contribution in [3.8, 4) is 5.75 Å². The summed E-state index contributed by atoms with van der Waals surface area (Å²) in [5, 5.41) is 9.54. The first-order valence-corrected chi connectivity index (χ1v) is 6.06. The highest BCUT2D eigenvalue weighted by Crippen LogP contribution is 2.29. The molecule has 1 aromatic rings. The molecule has 16 heavy (non-hydrogen) atoms. The second-order valence-corrected chi connectivity index (χ2v) is 4.95. The Morgan fingerprint density at radius 2 is 2.06 bits per heavy atom. The quantitative estimate of drug-likeness (QED) is 0.801. The lowest BCUT2D eigenvalue weighted by molar-refractivity contribution is 0.382. The number of nitrogens with zero attached hydrogens (tertiary/aromatic N) is 1. The van der Waals surface area contributed by atoms with Crippen LogP contribution in [0.2, 0.25) is 0 Å². The molecule has 1 rings (SSSR count). The summed E-state index contributed by atoms with van der Waals surface area (Å²) in [6.07, 6.45) is 0.978. The van der Waals surface area contributed by atoms with Crippen LogP contribution in [0.4, 0.5) is 0 Å². The molecule has 0 amide bonds. The van der Waals surface area contributed by atoms with Gasteiger partial charge >= 0.3 is 0 Å². The molecule has 3 heteroatoms. The lowest BCUT2D eigenvalue weighted by Crippen LogP contribution is -2.26. The van der Waals surface area contributed by atoms with Crippen LogP contribution in [0.15, 0.2) is 24.3 Å². The van der Waals surface area contributed by atoms with Crippen molar-refractivity contribution in [3.63, 3.8) is 0 Å². The van der Waals surface area contributed by atoms with E-state index in [0.717, 1.165) is 18.5 Å². The lowest BCUT2D eigenvalue weighted by Gasteiger charge is -2.24. The summed E-state index contributed by atoms with van der Waals surface area (Å²) in [6, 6.07) is 7.39. The molecule has 0 unspecified atom stereocenters. The molecule has 0 saturated heterocycles. The van der Waals surface area contributed by atoms with Crippen LogP contribution in [-0.4, -0.2) is 36.0 Å². The number of halogens is 1. The lowest BCUT2D eigenvalue weighted by atomic mass is 9.92. The molecule has 0 fully saturated rings. The Bertz CT molecular complexity index is 327. The van der Waals surface area contributed by atoms with Gasteiger partial charge in [-0.3, -0.25) is 0 Å². The molecule has 2 atom stereocenters. The summed E-state index contributed by atoms with van der Waals surface area (Å²) in [6.45, 7) is 2.97. The topological polar surface area (TPSA) is 23.5 Å². The molecule has 0 aliphatic heterocycles. The third kappa shape index (κ3) is 3.69. The maximum Gasteiger partial charge on any atom is 0.115 e. The van der Waals surface area contributed by atoms with E-state index in [0.29, 0.717) is 5.75 Å². The first-order valence-electron chi connectivity index (χ1n) is 5.62. The van der Waals surface area contributed by atoms with Gasteiger partial charge in [0.15, 0.2) is 0 Å². The van der Waals surface area contributed by atoms with Crippen LogP contribution in [0.3, 0.4) is 0 Å². The first-order chi connectivity index (χ1) is 7.54. The maximum atomic E-state index is 9.47. The molecular weight excluding hydrogens is 222 g/mol. The molecule has 90 valence electrons. The molecule has 0 aliphatic carbocycles. The Morgan fingerprint density at radius 1 is 1.38 bits per heavy atom. The minimum atomic E-state index is 0.0711. The van der Waals surface area contributed by atoms with Crippen molar-refractivity contribution >= 4 is 11.6 Å². The van der Waals surface area contributed by atoms with Crippen LogP contribution in [0.1, 0.15) is 24.8 Å². The summed E-state index contributed by atoms with van der Waals surface area (Å²) < 4.78 is 0. The van der Waals surface area contributed by atoms with Gasteiger partial charge in [0.05, 0.1) is 5.38 Å². The summed E-state index contributed by atoms with van der Waals surface area (Å²) in [5.41, 5.74) is 1.12. The Kier molecular flexibility index (Phi) is 5.10. The third-order valence-corrected chi connectivity index (χ3v) is 3.16. The standard InChI is InChI=1S/C13H20ClNO/c1-4-12(13(14)9-15(2)3)10-6-5-7-11(16)8-10/h5-8,12-13,16H,4,9H2,1-3H3/t12-,13-/m0/s1. The van der Waals surface area contributed by atoms with E-state index in [4.69, 9.17) is 11.6 Å². The highest BCUT2D eigenvalue weighted by atomic mass is 35.5. The van der Waals surface area contributed by atoms with Gasteiger partial charge in [-0.1, -0.05) is 19.1 Å². The minimum absolute atomic E-state index is 0.0711. The number of phenols is 1. The first kappa shape index (κ1) is 13.3. The number of alkyl halides is 1. The zero-order valence-corrected chi connectivity index (χ0v) is 10.9. The zero-order valence-electron chi connectivity index (χ0n) is 10.2. The van der Waals surface area contributed by atoms with Crippen molar-refractivity contribution < 1.29 is 5.11 Å². The number of hydrogen-bond acceptors (Lipinski definition) is 2. The summed E-state index contributed by atoms with van der Waals surface area (Å²) in [4.78, 5) is 2.09. The molecule has 0 saturated carbocycles. The van der Waals surface area contributed by atoms with Gasteiger partial charge in [0, 0.05) is 12.5 Å². The molecule has 0 heterocycles. The number of aromatic hydroxyl groups is 1. The largest absolute Gasteiger partial charge is 0.508 e. The molecule has 2 nitrogen and oxygen atoms in total. The fourth-order valence-electron chi connectivity index (χ4n) is 1.93. The monoisotopic (exact) mass is 241 g/mol. The van der Waals surface area contributed by atoms with Crippen LogP contribution >= 0.6 is 11.6 Å². The SMILES string of the molecule is CC[C@@H](c1cccc(O)c1)[C@@H](Cl)CN(C)C. The number of benzene rings is 1. The predicted molar refractivity (Wildman–Crippen MR) is 69.3 cm³/mol. The zero-order chi connectivity index (χ0) is 12.1. The van der Waals surface area contributed by atoms with Crippen LogP contribution in [0.5, 0.6) is 5.75 Å². The van der Waals surface area contributed by atoms with Gasteiger partial charge in [-0.25, -0.2) is 0 Å². The van der Waals surface area contributed by atoms with Crippen LogP contribution in [0, 0.1) is 0 Å². The minimum Gasteiger partial charge on any atom is -0.508 e. The van der Waals surface area contributed by atoms with Gasteiger partial charge in [-0.2, -0.15) is 0 Å². The normalized spacial score (nSPS) is 15.1. The Morgan fingerprint density at radius 3 is 2.56 bits per heavy atom. The van der Waals surface area contributed by atoms with Crippen molar-refractivity contribution in [1.82, 2.24) is 4.90 Å². The fourth-order valence-corrected chi connectivity index (χ4v) is 2.53. The van der Waals surface area contributed by atoms with Crippen molar-refractivity contribution in [3.05, 3.63) is 29.8 Å². The highest BCUT2D eigenvalue weighted by Gasteiger charge is 2.20. The molecular formula is C13H20ClNO. The van der Waals surface area contributed by atoms with Gasteiger partial charge < -0.3 is 10.0 Å². The van der Waals surface area contributed by atoms with E-state index in [-0.39, 0.29) is 11.3 Å². The van der Waals surface area contributed by atoms with Crippen LogP contribution in [-0.2, 0) is 0 Å². The van der Waals surface area contributed by atoms with Crippen molar-refractivity contribution in [1.29, 1.82) is 0 Å². The van der Waals surface area contributed by atoms with Crippen molar-refractivity contribution in [2.45, 2.75) is 24.6 Å². The summed E-state index contributed by atoms with van der Waals surface area (Å²) in [7, 11) is 4.04. The van der Waals surface area contributed by atoms with Gasteiger partial charge in [0.25, 0.3) is 0 Å². The van der Waals surface area contributed by atoms with E-state index in [1.165, 1.54) is 0 Å². The van der Waals surface area contributed by atoms with Crippen molar-refractivity contribution in [2.75, 3.05) is 20.6 Å². The van der Waals surface area contributed by atoms with Crippen LogP contribution < -0.4 is 0 Å². The number of hydrogen-bond donors (Lipinski definition) is 1. The number of rotatable bonds is 5. The van der Waals surface area contributed by atoms with Gasteiger partial charge in [0.2, 0.25) is 0 Å². The molecule has 0 aliphatic rings. The van der Waals surface area contributed by atoms with Gasteiger partial charge in [-0.15, -0.1) is 11.6 Å². The molecule has 1 N–H and O–H groups in total. The smallest absolute Gasteiger partial charge is 0.115 e. The third-order valence-electron chi connectivity index (χ3n) is 2.71. The maximum absolute atomic E-state index is 9.47. The highest BCUT2D eigenvalue weighted by molar-refractivity contribution is 6.21. The second-order valence-electron chi connectivity index (χ2n) is 4.39. The van der Waals surface area contributed by atoms with Crippen molar-refractivity contribution in [2.24, 2.45) is 0 Å². The van der Waals surface area contributed by atoms with E-state index in [2.05, 4.69) is 11.8 Å².